The number of ether oxygens (including phenoxy) is 1. The van der Waals surface area contributed by atoms with E-state index in [1.54, 1.807) is 0 Å². The molecule has 0 amide bonds. The van der Waals surface area contributed by atoms with Gasteiger partial charge in [0.25, 0.3) is 0 Å². The summed E-state index contributed by atoms with van der Waals surface area (Å²) in [5, 5.41) is 9.10. The molecule has 1 fully saturated rings. The topological polar surface area (TPSA) is 29.5 Å². The van der Waals surface area contributed by atoms with Gasteiger partial charge in [-0.3, -0.25) is 0 Å². The van der Waals surface area contributed by atoms with Crippen molar-refractivity contribution in [3.8, 4) is 0 Å². The molecule has 72 valence electrons. The van der Waals surface area contributed by atoms with Crippen molar-refractivity contribution in [1.29, 1.82) is 0 Å². The van der Waals surface area contributed by atoms with Crippen LogP contribution in [0, 0.1) is 11.8 Å². The van der Waals surface area contributed by atoms with Crippen LogP contribution in [0.25, 0.3) is 0 Å². The summed E-state index contributed by atoms with van der Waals surface area (Å²) in [6.45, 7) is 5.53. The summed E-state index contributed by atoms with van der Waals surface area (Å²) in [6, 6.07) is 0. The van der Waals surface area contributed by atoms with Crippen LogP contribution in [0.15, 0.2) is 0 Å². The number of aliphatic hydroxyl groups is 1. The van der Waals surface area contributed by atoms with Gasteiger partial charge in [0.15, 0.2) is 0 Å². The Bertz CT molecular complexity index is 121. The van der Waals surface area contributed by atoms with Crippen molar-refractivity contribution in [2.24, 2.45) is 11.8 Å². The Morgan fingerprint density at radius 3 is 2.58 bits per heavy atom. The van der Waals surface area contributed by atoms with Crippen molar-refractivity contribution in [1.82, 2.24) is 0 Å². The van der Waals surface area contributed by atoms with E-state index in [0.717, 1.165) is 25.9 Å². The molecular weight excluding hydrogens is 152 g/mol. The van der Waals surface area contributed by atoms with Gasteiger partial charge >= 0.3 is 0 Å². The maximum atomic E-state index is 9.10. The molecule has 0 saturated carbocycles. The Morgan fingerprint density at radius 2 is 2.08 bits per heavy atom. The van der Waals surface area contributed by atoms with Gasteiger partial charge in [0.2, 0.25) is 0 Å². The minimum Gasteiger partial charge on any atom is -0.396 e. The fourth-order valence-electron chi connectivity index (χ4n) is 2.13. The fourth-order valence-corrected chi connectivity index (χ4v) is 2.13. The van der Waals surface area contributed by atoms with Crippen LogP contribution < -0.4 is 0 Å². The van der Waals surface area contributed by atoms with E-state index in [9.17, 15) is 0 Å². The molecule has 2 unspecified atom stereocenters. The van der Waals surface area contributed by atoms with E-state index < -0.39 is 0 Å². The molecule has 1 N–H and O–H groups in total. The van der Waals surface area contributed by atoms with Gasteiger partial charge in [0, 0.05) is 19.1 Å². The van der Waals surface area contributed by atoms with Crippen LogP contribution in [-0.4, -0.2) is 24.4 Å². The lowest BCUT2D eigenvalue weighted by molar-refractivity contribution is 0.0243. The van der Waals surface area contributed by atoms with Crippen LogP contribution in [0.3, 0.4) is 0 Å². The van der Waals surface area contributed by atoms with Crippen LogP contribution >= 0.6 is 0 Å². The van der Waals surface area contributed by atoms with Crippen LogP contribution in [0.4, 0.5) is 0 Å². The SMILES string of the molecule is CCC(CC)C1OCCC1CO. The molecule has 0 spiro atoms. The third-order valence-corrected chi connectivity index (χ3v) is 3.01. The Balaban J connectivity index is 2.47. The number of rotatable bonds is 4. The average molecular weight is 172 g/mol. The lowest BCUT2D eigenvalue weighted by Crippen LogP contribution is -2.27. The Morgan fingerprint density at radius 1 is 1.42 bits per heavy atom. The molecule has 2 heteroatoms. The predicted molar refractivity (Wildman–Crippen MR) is 49.0 cm³/mol. The zero-order chi connectivity index (χ0) is 8.97. The fraction of sp³-hybridized carbons (Fsp3) is 1.00. The monoisotopic (exact) mass is 172 g/mol. The molecule has 0 aromatic heterocycles. The highest BCUT2D eigenvalue weighted by molar-refractivity contribution is 4.80. The van der Waals surface area contributed by atoms with Crippen LogP contribution in [-0.2, 0) is 4.74 Å². The summed E-state index contributed by atoms with van der Waals surface area (Å²) in [5.74, 6) is 1.04. The molecule has 0 aliphatic carbocycles. The summed E-state index contributed by atoms with van der Waals surface area (Å²) in [4.78, 5) is 0. The normalized spacial score (nSPS) is 30.0. The molecule has 1 aliphatic heterocycles. The molecule has 2 atom stereocenters. The quantitative estimate of drug-likeness (QED) is 0.701. The summed E-state index contributed by atoms with van der Waals surface area (Å²) >= 11 is 0. The molecule has 1 saturated heterocycles. The maximum absolute atomic E-state index is 9.10. The maximum Gasteiger partial charge on any atom is 0.0653 e. The van der Waals surface area contributed by atoms with E-state index in [0.29, 0.717) is 24.5 Å². The number of hydrogen-bond donors (Lipinski definition) is 1. The summed E-state index contributed by atoms with van der Waals surface area (Å²) in [6.07, 6.45) is 3.69. The minimum atomic E-state index is 0.293. The van der Waals surface area contributed by atoms with Crippen molar-refractivity contribution in [3.05, 3.63) is 0 Å². The zero-order valence-corrected chi connectivity index (χ0v) is 8.12. The molecule has 1 aliphatic rings. The van der Waals surface area contributed by atoms with Crippen molar-refractivity contribution in [3.63, 3.8) is 0 Å². The van der Waals surface area contributed by atoms with Gasteiger partial charge in [-0.2, -0.15) is 0 Å². The van der Waals surface area contributed by atoms with E-state index in [2.05, 4.69) is 13.8 Å². The van der Waals surface area contributed by atoms with Gasteiger partial charge in [0.1, 0.15) is 0 Å². The Hall–Kier alpha value is -0.0800. The molecule has 1 rings (SSSR count). The highest BCUT2D eigenvalue weighted by atomic mass is 16.5. The summed E-state index contributed by atoms with van der Waals surface area (Å²) in [5.41, 5.74) is 0. The van der Waals surface area contributed by atoms with E-state index in [4.69, 9.17) is 9.84 Å². The van der Waals surface area contributed by atoms with Crippen molar-refractivity contribution < 1.29 is 9.84 Å². The van der Waals surface area contributed by atoms with E-state index in [-0.39, 0.29) is 0 Å². The first-order valence-electron chi connectivity index (χ1n) is 5.05. The van der Waals surface area contributed by atoms with Crippen LogP contribution in [0.2, 0.25) is 0 Å². The highest BCUT2D eigenvalue weighted by Gasteiger charge is 2.32. The van der Waals surface area contributed by atoms with Gasteiger partial charge in [-0.05, 0) is 12.3 Å². The molecule has 0 radical (unpaired) electrons. The first-order valence-corrected chi connectivity index (χ1v) is 5.05. The molecule has 0 aromatic rings. The Kier molecular flexibility index (Phi) is 4.02. The number of hydrogen-bond acceptors (Lipinski definition) is 2. The van der Waals surface area contributed by atoms with Gasteiger partial charge in [-0.1, -0.05) is 26.7 Å². The van der Waals surface area contributed by atoms with E-state index in [1.807, 2.05) is 0 Å². The first-order chi connectivity index (χ1) is 5.83. The summed E-state index contributed by atoms with van der Waals surface area (Å²) < 4.78 is 5.64. The second kappa shape index (κ2) is 4.83. The van der Waals surface area contributed by atoms with Crippen molar-refractivity contribution in [2.45, 2.75) is 39.2 Å². The Labute approximate surface area is 74.9 Å². The predicted octanol–water partition coefficient (Wildman–Crippen LogP) is 1.82. The van der Waals surface area contributed by atoms with Crippen LogP contribution in [0.1, 0.15) is 33.1 Å². The van der Waals surface area contributed by atoms with Crippen LogP contribution in [0.5, 0.6) is 0 Å². The third-order valence-electron chi connectivity index (χ3n) is 3.01. The molecular formula is C10H20O2. The smallest absolute Gasteiger partial charge is 0.0653 e. The lowest BCUT2D eigenvalue weighted by atomic mass is 9.88. The summed E-state index contributed by atoms with van der Waals surface area (Å²) in [7, 11) is 0. The van der Waals surface area contributed by atoms with E-state index in [1.165, 1.54) is 0 Å². The molecule has 1 heterocycles. The largest absolute Gasteiger partial charge is 0.396 e. The van der Waals surface area contributed by atoms with Gasteiger partial charge in [-0.25, -0.2) is 0 Å². The van der Waals surface area contributed by atoms with Gasteiger partial charge in [0.05, 0.1) is 6.10 Å². The second-order valence-electron chi connectivity index (χ2n) is 3.64. The average Bonchev–Trinajstić information content (AvgIpc) is 2.55. The highest BCUT2D eigenvalue weighted by Crippen LogP contribution is 2.29. The number of aliphatic hydroxyl groups excluding tert-OH is 1. The molecule has 12 heavy (non-hydrogen) atoms. The standard InChI is InChI=1S/C10H20O2/c1-3-8(4-2)10-9(7-11)5-6-12-10/h8-11H,3-7H2,1-2H3. The van der Waals surface area contributed by atoms with Gasteiger partial charge < -0.3 is 9.84 Å². The zero-order valence-electron chi connectivity index (χ0n) is 8.12. The minimum absolute atomic E-state index is 0.293. The molecule has 0 bridgehead atoms. The second-order valence-corrected chi connectivity index (χ2v) is 3.64. The van der Waals surface area contributed by atoms with Crippen molar-refractivity contribution in [2.75, 3.05) is 13.2 Å². The third kappa shape index (κ3) is 1.99. The van der Waals surface area contributed by atoms with Crippen molar-refractivity contribution >= 4 is 0 Å². The first kappa shape index (κ1) is 10.0. The van der Waals surface area contributed by atoms with Gasteiger partial charge in [-0.15, -0.1) is 0 Å². The lowest BCUT2D eigenvalue weighted by Gasteiger charge is -2.24. The molecule has 0 aromatic carbocycles. The molecule has 2 nitrogen and oxygen atoms in total. The van der Waals surface area contributed by atoms with E-state index >= 15 is 0 Å².